The summed E-state index contributed by atoms with van der Waals surface area (Å²) in [6.07, 6.45) is 6.81. The number of fused-ring (bicyclic) bond motifs is 1. The highest BCUT2D eigenvalue weighted by Gasteiger charge is 2.35. The van der Waals surface area contributed by atoms with Gasteiger partial charge in [-0.25, -0.2) is 0 Å². The Morgan fingerprint density at radius 3 is 2.90 bits per heavy atom. The van der Waals surface area contributed by atoms with Crippen molar-refractivity contribution in [1.82, 2.24) is 0 Å². The van der Waals surface area contributed by atoms with Gasteiger partial charge in [-0.3, -0.25) is 0 Å². The van der Waals surface area contributed by atoms with Crippen LogP contribution in [0, 0.1) is 5.92 Å². The summed E-state index contributed by atoms with van der Waals surface area (Å²) in [5.41, 5.74) is 9.38. The summed E-state index contributed by atoms with van der Waals surface area (Å²) in [5.74, 6) is 1.62. The van der Waals surface area contributed by atoms with Crippen molar-refractivity contribution in [3.63, 3.8) is 0 Å². The van der Waals surface area contributed by atoms with Crippen LogP contribution in [0.3, 0.4) is 0 Å². The smallest absolute Gasteiger partial charge is 0.119 e. The second-order valence-corrected chi connectivity index (χ2v) is 6.29. The van der Waals surface area contributed by atoms with Crippen LogP contribution in [0.1, 0.15) is 43.2 Å². The van der Waals surface area contributed by atoms with Gasteiger partial charge in [-0.1, -0.05) is 6.07 Å². The van der Waals surface area contributed by atoms with Crippen LogP contribution < -0.4 is 10.5 Å². The van der Waals surface area contributed by atoms with Crippen LogP contribution in [0.4, 0.5) is 0 Å². The van der Waals surface area contributed by atoms with Crippen LogP contribution in [-0.2, 0) is 16.7 Å². The molecule has 20 heavy (non-hydrogen) atoms. The molecule has 1 aliphatic heterocycles. The van der Waals surface area contributed by atoms with Gasteiger partial charge >= 0.3 is 0 Å². The molecule has 1 aliphatic carbocycles. The van der Waals surface area contributed by atoms with Gasteiger partial charge in [-0.15, -0.1) is 0 Å². The number of rotatable bonds is 3. The second kappa shape index (κ2) is 5.74. The molecule has 0 spiro atoms. The van der Waals surface area contributed by atoms with Crippen LogP contribution in [-0.4, -0.2) is 20.3 Å². The van der Waals surface area contributed by atoms with Gasteiger partial charge in [0.1, 0.15) is 5.75 Å². The summed E-state index contributed by atoms with van der Waals surface area (Å²) in [7, 11) is 1.72. The third-order valence-electron chi connectivity index (χ3n) is 4.92. The standard InChI is InChI=1S/C17H25NO2/c1-19-15-5-4-14-3-2-8-17(18,16(14)11-15)12-13-6-9-20-10-7-13/h4-5,11,13H,2-3,6-10,12,18H2,1H3. The van der Waals surface area contributed by atoms with Crippen molar-refractivity contribution in [3.8, 4) is 5.75 Å². The van der Waals surface area contributed by atoms with E-state index in [1.807, 2.05) is 0 Å². The number of methoxy groups -OCH3 is 1. The van der Waals surface area contributed by atoms with E-state index in [1.165, 1.54) is 17.5 Å². The fourth-order valence-electron chi connectivity index (χ4n) is 3.77. The van der Waals surface area contributed by atoms with E-state index in [2.05, 4.69) is 18.2 Å². The van der Waals surface area contributed by atoms with Crippen molar-refractivity contribution in [2.24, 2.45) is 11.7 Å². The lowest BCUT2D eigenvalue weighted by Crippen LogP contribution is -2.42. The third kappa shape index (κ3) is 2.70. The van der Waals surface area contributed by atoms with Gasteiger partial charge < -0.3 is 15.2 Å². The lowest BCUT2D eigenvalue weighted by molar-refractivity contribution is 0.0543. The molecule has 0 saturated carbocycles. The predicted molar refractivity (Wildman–Crippen MR) is 80.0 cm³/mol. The van der Waals surface area contributed by atoms with Crippen molar-refractivity contribution in [2.45, 2.75) is 44.1 Å². The number of hydrogen-bond acceptors (Lipinski definition) is 3. The fraction of sp³-hybridized carbons (Fsp3) is 0.647. The molecular formula is C17H25NO2. The molecule has 3 nitrogen and oxygen atoms in total. The maximum absolute atomic E-state index is 6.83. The van der Waals surface area contributed by atoms with Gasteiger partial charge in [-0.2, -0.15) is 0 Å². The van der Waals surface area contributed by atoms with E-state index in [0.717, 1.165) is 51.1 Å². The zero-order valence-electron chi connectivity index (χ0n) is 12.4. The first kappa shape index (κ1) is 13.9. The summed E-state index contributed by atoms with van der Waals surface area (Å²) >= 11 is 0. The quantitative estimate of drug-likeness (QED) is 0.922. The highest BCUT2D eigenvalue weighted by Crippen LogP contribution is 2.41. The molecule has 1 atom stereocenters. The minimum absolute atomic E-state index is 0.176. The van der Waals surface area contributed by atoms with E-state index in [0.29, 0.717) is 5.92 Å². The van der Waals surface area contributed by atoms with E-state index in [-0.39, 0.29) is 5.54 Å². The Labute approximate surface area is 121 Å². The Balaban J connectivity index is 1.86. The lowest BCUT2D eigenvalue weighted by Gasteiger charge is -2.39. The second-order valence-electron chi connectivity index (χ2n) is 6.29. The summed E-state index contributed by atoms with van der Waals surface area (Å²) in [4.78, 5) is 0. The van der Waals surface area contributed by atoms with E-state index in [4.69, 9.17) is 15.2 Å². The first-order chi connectivity index (χ1) is 9.71. The molecule has 110 valence electrons. The van der Waals surface area contributed by atoms with Gasteiger partial charge in [0.15, 0.2) is 0 Å². The largest absolute Gasteiger partial charge is 0.497 e. The highest BCUT2D eigenvalue weighted by atomic mass is 16.5. The Kier molecular flexibility index (Phi) is 3.99. The van der Waals surface area contributed by atoms with Crippen molar-refractivity contribution >= 4 is 0 Å². The molecule has 0 amide bonds. The molecule has 1 aromatic carbocycles. The van der Waals surface area contributed by atoms with Gasteiger partial charge in [-0.05, 0) is 67.7 Å². The van der Waals surface area contributed by atoms with Crippen LogP contribution in [0.25, 0.3) is 0 Å². The van der Waals surface area contributed by atoms with Gasteiger partial charge in [0.25, 0.3) is 0 Å². The van der Waals surface area contributed by atoms with Crippen LogP contribution in [0.2, 0.25) is 0 Å². The molecule has 0 bridgehead atoms. The molecular weight excluding hydrogens is 250 g/mol. The fourth-order valence-corrected chi connectivity index (χ4v) is 3.77. The highest BCUT2D eigenvalue weighted by molar-refractivity contribution is 5.41. The van der Waals surface area contributed by atoms with Crippen molar-refractivity contribution in [2.75, 3.05) is 20.3 Å². The molecule has 1 aromatic rings. The number of nitrogens with two attached hydrogens (primary N) is 1. The number of ether oxygens (including phenoxy) is 2. The van der Waals surface area contributed by atoms with Crippen molar-refractivity contribution in [1.29, 1.82) is 0 Å². The first-order valence-electron chi connectivity index (χ1n) is 7.75. The maximum atomic E-state index is 6.83. The average molecular weight is 275 g/mol. The molecule has 2 aliphatic rings. The third-order valence-corrected chi connectivity index (χ3v) is 4.92. The number of hydrogen-bond donors (Lipinski definition) is 1. The molecule has 1 unspecified atom stereocenters. The normalized spacial score (nSPS) is 27.1. The minimum Gasteiger partial charge on any atom is -0.497 e. The minimum atomic E-state index is -0.176. The van der Waals surface area contributed by atoms with Gasteiger partial charge in [0.2, 0.25) is 0 Å². The Bertz CT molecular complexity index is 468. The molecule has 2 N–H and O–H groups in total. The summed E-state index contributed by atoms with van der Waals surface area (Å²) in [5, 5.41) is 0. The van der Waals surface area contributed by atoms with Crippen LogP contribution in [0.5, 0.6) is 5.75 Å². The molecule has 1 heterocycles. The topological polar surface area (TPSA) is 44.5 Å². The van der Waals surface area contributed by atoms with E-state index >= 15 is 0 Å². The van der Waals surface area contributed by atoms with E-state index < -0.39 is 0 Å². The molecule has 1 fully saturated rings. The average Bonchev–Trinajstić information content (AvgIpc) is 2.48. The first-order valence-corrected chi connectivity index (χ1v) is 7.75. The van der Waals surface area contributed by atoms with Gasteiger partial charge in [0.05, 0.1) is 7.11 Å². The Morgan fingerprint density at radius 1 is 1.35 bits per heavy atom. The summed E-state index contributed by atoms with van der Waals surface area (Å²) < 4.78 is 10.9. The molecule has 0 radical (unpaired) electrons. The number of aryl methyl sites for hydroxylation is 1. The lowest BCUT2D eigenvalue weighted by atomic mass is 9.71. The zero-order chi connectivity index (χ0) is 14.0. The predicted octanol–water partition coefficient (Wildman–Crippen LogP) is 3.00. The van der Waals surface area contributed by atoms with Crippen molar-refractivity contribution in [3.05, 3.63) is 29.3 Å². The van der Waals surface area contributed by atoms with Crippen LogP contribution >= 0.6 is 0 Å². The Hall–Kier alpha value is -1.06. The molecule has 3 rings (SSSR count). The molecule has 1 saturated heterocycles. The van der Waals surface area contributed by atoms with E-state index in [9.17, 15) is 0 Å². The van der Waals surface area contributed by atoms with Gasteiger partial charge in [0, 0.05) is 18.8 Å². The maximum Gasteiger partial charge on any atom is 0.119 e. The van der Waals surface area contributed by atoms with Crippen molar-refractivity contribution < 1.29 is 9.47 Å². The molecule has 3 heteroatoms. The zero-order valence-corrected chi connectivity index (χ0v) is 12.4. The molecule has 0 aromatic heterocycles. The monoisotopic (exact) mass is 275 g/mol. The van der Waals surface area contributed by atoms with E-state index in [1.54, 1.807) is 7.11 Å². The Morgan fingerprint density at radius 2 is 2.15 bits per heavy atom. The van der Waals surface area contributed by atoms with Crippen LogP contribution in [0.15, 0.2) is 18.2 Å². The number of benzene rings is 1. The SMILES string of the molecule is COc1ccc2c(c1)C(N)(CC1CCOCC1)CCC2. The summed E-state index contributed by atoms with van der Waals surface area (Å²) in [6.45, 7) is 1.79. The summed E-state index contributed by atoms with van der Waals surface area (Å²) in [6, 6.07) is 6.41.